The Hall–Kier alpha value is -4.58. The Labute approximate surface area is 491 Å². The van der Waals surface area contributed by atoms with Crippen LogP contribution in [0.4, 0.5) is 10.1 Å². The van der Waals surface area contributed by atoms with Crippen molar-refractivity contribution in [2.24, 2.45) is 41.4 Å². The first kappa shape index (κ1) is 83.2. The molecular formula is C73H127FN2O3. The fraction of sp³-hybridized carbons (Fsp3) is 0.630. The molecule has 1 aliphatic rings. The van der Waals surface area contributed by atoms with Crippen molar-refractivity contribution in [3.8, 4) is 0 Å². The lowest BCUT2D eigenvalue weighted by atomic mass is 9.96. The number of rotatable bonds is 14. The molecule has 6 heteroatoms. The minimum atomic E-state index is -0.163. The van der Waals surface area contributed by atoms with E-state index in [4.69, 9.17) is 4.74 Å². The van der Waals surface area contributed by atoms with Crippen LogP contribution in [-0.4, -0.2) is 23.5 Å². The number of hydrogen-bond acceptors (Lipinski definition) is 4. The van der Waals surface area contributed by atoms with Crippen LogP contribution < -0.4 is 5.32 Å². The predicted molar refractivity (Wildman–Crippen MR) is 352 cm³/mol. The number of hydrogen-bond donors (Lipinski definition) is 1. The lowest BCUT2D eigenvalue weighted by molar-refractivity contribution is -0.143. The van der Waals surface area contributed by atoms with Crippen molar-refractivity contribution in [2.75, 3.05) is 11.9 Å². The third-order valence-electron chi connectivity index (χ3n) is 10.6. The van der Waals surface area contributed by atoms with Crippen LogP contribution in [0.2, 0.25) is 0 Å². The number of aromatic nitrogens is 1. The van der Waals surface area contributed by atoms with Gasteiger partial charge in [0.15, 0.2) is 0 Å². The summed E-state index contributed by atoms with van der Waals surface area (Å²) in [7, 11) is 0. The van der Waals surface area contributed by atoms with Crippen molar-refractivity contribution in [3.05, 3.63) is 144 Å². The number of pyridine rings is 1. The summed E-state index contributed by atoms with van der Waals surface area (Å²) < 4.78 is 17.1. The van der Waals surface area contributed by atoms with Gasteiger partial charge in [0.05, 0.1) is 6.61 Å². The second kappa shape index (κ2) is 55.3. The number of allylic oxidation sites excluding steroid dienone is 1. The third kappa shape index (κ3) is 67.6. The van der Waals surface area contributed by atoms with Crippen molar-refractivity contribution >= 4 is 17.6 Å². The fourth-order valence-electron chi connectivity index (χ4n) is 6.59. The van der Waals surface area contributed by atoms with E-state index in [9.17, 15) is 14.0 Å². The van der Waals surface area contributed by atoms with Gasteiger partial charge < -0.3 is 10.1 Å². The van der Waals surface area contributed by atoms with Crippen molar-refractivity contribution in [2.45, 2.75) is 255 Å². The van der Waals surface area contributed by atoms with Crippen LogP contribution in [0.3, 0.4) is 0 Å². The number of carbonyl (C=O) groups is 2. The number of amides is 1. The van der Waals surface area contributed by atoms with Crippen LogP contribution in [-0.2, 0) is 14.3 Å². The van der Waals surface area contributed by atoms with Crippen LogP contribution in [0.5, 0.6) is 0 Å². The number of benzene rings is 3. The molecule has 1 N–H and O–H groups in total. The Balaban J connectivity index is -0.000000262. The van der Waals surface area contributed by atoms with E-state index in [1.165, 1.54) is 74.3 Å². The number of esters is 1. The lowest BCUT2D eigenvalue weighted by Gasteiger charge is -2.10. The van der Waals surface area contributed by atoms with E-state index in [-0.39, 0.29) is 17.7 Å². The molecule has 5 nitrogen and oxygen atoms in total. The second-order valence-electron chi connectivity index (χ2n) is 25.1. The summed E-state index contributed by atoms with van der Waals surface area (Å²) in [5.74, 6) is 7.86. The molecule has 0 aliphatic heterocycles. The Morgan fingerprint density at radius 1 is 0.582 bits per heavy atom. The Morgan fingerprint density at radius 3 is 1.35 bits per heavy atom. The predicted octanol–water partition coefficient (Wildman–Crippen LogP) is 23.5. The number of nitrogens with zero attached hydrogens (tertiary/aromatic N) is 1. The monoisotopic (exact) mass is 1100 g/mol. The first-order valence-electron chi connectivity index (χ1n) is 30.7. The summed E-state index contributed by atoms with van der Waals surface area (Å²) in [5.41, 5.74) is 5.88. The molecule has 0 unspecified atom stereocenters. The molecule has 1 fully saturated rings. The highest BCUT2D eigenvalue weighted by atomic mass is 19.1. The fourth-order valence-corrected chi connectivity index (χ4v) is 6.59. The Kier molecular flexibility index (Phi) is 58.3. The average molecular weight is 1100 g/mol. The van der Waals surface area contributed by atoms with E-state index >= 15 is 0 Å². The van der Waals surface area contributed by atoms with E-state index in [1.807, 2.05) is 73.8 Å². The zero-order valence-corrected chi connectivity index (χ0v) is 56.1. The summed E-state index contributed by atoms with van der Waals surface area (Å²) >= 11 is 0. The molecule has 4 aromatic rings. The van der Waals surface area contributed by atoms with Crippen molar-refractivity contribution in [1.82, 2.24) is 4.98 Å². The highest BCUT2D eigenvalue weighted by Gasteiger charge is 2.15. The molecular weight excluding hydrogens is 972 g/mol. The van der Waals surface area contributed by atoms with Gasteiger partial charge in [-0.2, -0.15) is 0 Å². The highest BCUT2D eigenvalue weighted by Crippen LogP contribution is 2.30. The molecule has 0 saturated heterocycles. The molecule has 1 aromatic heterocycles. The van der Waals surface area contributed by atoms with E-state index < -0.39 is 0 Å². The largest absolute Gasteiger partial charge is 0.466 e. The van der Waals surface area contributed by atoms with Crippen LogP contribution >= 0.6 is 0 Å². The van der Waals surface area contributed by atoms with Gasteiger partial charge in [-0.15, -0.1) is 6.58 Å². The maximum Gasteiger partial charge on any atom is 0.305 e. The third-order valence-corrected chi connectivity index (χ3v) is 10.6. The zero-order valence-electron chi connectivity index (χ0n) is 56.1. The highest BCUT2D eigenvalue weighted by molar-refractivity contribution is 5.88. The van der Waals surface area contributed by atoms with E-state index in [2.05, 4.69) is 206 Å². The van der Waals surface area contributed by atoms with Crippen molar-refractivity contribution < 1.29 is 18.7 Å². The van der Waals surface area contributed by atoms with Gasteiger partial charge in [0.2, 0.25) is 5.91 Å². The van der Waals surface area contributed by atoms with Gasteiger partial charge in [0.25, 0.3) is 0 Å². The number of carbonyl (C=O) groups excluding carboxylic acids is 2. The maximum atomic E-state index is 12.4. The van der Waals surface area contributed by atoms with Crippen LogP contribution in [0.1, 0.15) is 277 Å². The van der Waals surface area contributed by atoms with E-state index in [0.717, 1.165) is 59.7 Å². The van der Waals surface area contributed by atoms with Gasteiger partial charge in [0, 0.05) is 30.9 Å². The number of ether oxygens (including phenoxy) is 1. The number of nitrogens with one attached hydrogen (secondary N) is 1. The molecule has 1 saturated carbocycles. The smallest absolute Gasteiger partial charge is 0.305 e. The quantitative estimate of drug-likeness (QED) is 0.101. The minimum Gasteiger partial charge on any atom is -0.466 e. The SMILES string of the molecule is C=CCCC(C)C.CC(=O)Nc1cccc(C(C)C)c1.CC(C)C.CC(C)C.CC(C)C.CC(C)CC1CCCC1.CC(C)c1ccc(F)cc1.CC(C)c1ccccc1.CC(C)c1ccccn1.CCOC(=O)CCC(C)C. The number of halogens is 1. The van der Waals surface area contributed by atoms with Gasteiger partial charge in [-0.25, -0.2) is 4.39 Å². The second-order valence-corrected chi connectivity index (χ2v) is 25.1. The molecule has 0 radical (unpaired) electrons. The van der Waals surface area contributed by atoms with Gasteiger partial charge in [-0.05, 0) is 151 Å². The van der Waals surface area contributed by atoms with Gasteiger partial charge in [-0.1, -0.05) is 252 Å². The van der Waals surface area contributed by atoms with Crippen LogP contribution in [0.15, 0.2) is 116 Å². The normalized spacial score (nSPS) is 11.2. The molecule has 0 atom stereocenters. The average Bonchev–Trinajstić information content (AvgIpc) is 3.87. The summed E-state index contributed by atoms with van der Waals surface area (Å²) in [4.78, 5) is 25.7. The number of anilines is 1. The van der Waals surface area contributed by atoms with Crippen molar-refractivity contribution in [3.63, 3.8) is 0 Å². The molecule has 1 aliphatic carbocycles. The Bertz CT molecular complexity index is 1840. The summed E-state index contributed by atoms with van der Waals surface area (Å²) in [6.45, 7) is 57.4. The molecule has 1 heterocycles. The minimum absolute atomic E-state index is 0.0269. The molecule has 454 valence electrons. The molecule has 3 aromatic carbocycles. The lowest BCUT2D eigenvalue weighted by Crippen LogP contribution is -2.05. The van der Waals surface area contributed by atoms with Gasteiger partial charge in [-0.3, -0.25) is 14.6 Å². The standard InChI is InChI=1S/C11H15NO.C9H11F.C9H18.C9H12.C8H11N.C8H16O2.C7H14.3C4H10/c1-8(2)10-5-4-6-11(7-10)12-9(3)13;1-7(2)8-3-5-9(10)6-4-8;1-8(2)7-9-5-3-4-6-9;1-8(2)9-6-4-3-5-7-9;1-7(2)8-5-3-4-6-9-8;1-4-10-8(9)6-5-7(2)3;1-4-5-6-7(2)3;3*1-4(2)3/h4-8H,1-3H3,(H,12,13);3-7H,1-2H3;8-9H,3-7H2,1-2H3;3-8H,1-2H3;3-7H,1-2H3;7H,4-6H2,1-3H3;4,7H,1,5-6H2,2-3H3;3*4H,1-3H3. The molecule has 79 heavy (non-hydrogen) atoms. The first-order chi connectivity index (χ1) is 36.8. The summed E-state index contributed by atoms with van der Waals surface area (Å²) in [6, 6.07) is 31.1. The van der Waals surface area contributed by atoms with Crippen molar-refractivity contribution in [1.29, 1.82) is 0 Å². The summed E-state index contributed by atoms with van der Waals surface area (Å²) in [6.07, 6.45) is 15.2. The Morgan fingerprint density at radius 2 is 1.03 bits per heavy atom. The molecule has 1 amide bonds. The molecule has 0 bridgehead atoms. The first-order valence-corrected chi connectivity index (χ1v) is 30.7. The molecule has 5 rings (SSSR count). The van der Waals surface area contributed by atoms with Crippen LogP contribution in [0, 0.1) is 47.2 Å². The maximum absolute atomic E-state index is 12.4. The topological polar surface area (TPSA) is 68.3 Å². The zero-order chi connectivity index (χ0) is 61.9. The van der Waals surface area contributed by atoms with E-state index in [1.54, 1.807) is 0 Å². The van der Waals surface area contributed by atoms with Gasteiger partial charge in [0.1, 0.15) is 5.82 Å². The van der Waals surface area contributed by atoms with E-state index in [0.29, 0.717) is 42.6 Å². The summed E-state index contributed by atoms with van der Waals surface area (Å²) in [5, 5.41) is 2.76. The van der Waals surface area contributed by atoms with Crippen LogP contribution in [0.25, 0.3) is 0 Å². The molecule has 0 spiro atoms. The van der Waals surface area contributed by atoms with Gasteiger partial charge >= 0.3 is 5.97 Å².